The first-order chi connectivity index (χ1) is 31.2. The van der Waals surface area contributed by atoms with Crippen molar-refractivity contribution in [2.24, 2.45) is 0 Å². The van der Waals surface area contributed by atoms with Crippen LogP contribution in [0.1, 0.15) is 50.2 Å². The van der Waals surface area contributed by atoms with Gasteiger partial charge in [-0.25, -0.2) is 4.98 Å². The van der Waals surface area contributed by atoms with Crippen LogP contribution in [0.5, 0.6) is 5.75 Å². The topological polar surface area (TPSA) is 201 Å². The van der Waals surface area contributed by atoms with Crippen molar-refractivity contribution < 1.29 is 46.6 Å². The zero-order valence-electron chi connectivity index (χ0n) is 34.6. The quantitative estimate of drug-likeness (QED) is 0.0738. The molecule has 1 fully saturated rings. The number of aryl methyl sites for hydroxylation is 1. The summed E-state index contributed by atoms with van der Waals surface area (Å²) in [4.78, 5) is 87.2. The van der Waals surface area contributed by atoms with Crippen LogP contribution < -0.4 is 25.8 Å². The average Bonchev–Trinajstić information content (AvgIpc) is 3.93. The van der Waals surface area contributed by atoms with Crippen molar-refractivity contribution in [3.63, 3.8) is 0 Å². The molecule has 4 heterocycles. The highest BCUT2D eigenvalue weighted by molar-refractivity contribution is 6.31. The second kappa shape index (κ2) is 18.5. The van der Waals surface area contributed by atoms with Crippen LogP contribution in [0.15, 0.2) is 89.7 Å². The van der Waals surface area contributed by atoms with E-state index in [1.165, 1.54) is 22.9 Å². The summed E-state index contributed by atoms with van der Waals surface area (Å²) in [6, 6.07) is 20.5. The van der Waals surface area contributed by atoms with Crippen molar-refractivity contribution in [3.8, 4) is 23.0 Å². The highest BCUT2D eigenvalue weighted by atomic mass is 35.5. The van der Waals surface area contributed by atoms with Gasteiger partial charge in [0.25, 0.3) is 17.4 Å². The SMILES string of the molecule is CN(CCNC(=O)COCCOc1ccc(CCc2c(-c3ccc(C(F)(F)F)cc3)[nH]n(-c3nc4ccc(Cl)cc4[nH]3)c2=O)cc1)c1cccc2c1C(=O)N(C1CCC(=O)NC1=O)C2=O. The highest BCUT2D eigenvalue weighted by Gasteiger charge is 2.46. The molecule has 20 heteroatoms. The molecular weight excluding hydrogens is 873 g/mol. The van der Waals surface area contributed by atoms with Crippen LogP contribution in [0.25, 0.3) is 28.2 Å². The molecule has 0 radical (unpaired) electrons. The third-order valence-corrected chi connectivity index (χ3v) is 11.3. The van der Waals surface area contributed by atoms with Crippen molar-refractivity contribution in [2.75, 3.05) is 44.9 Å². The summed E-state index contributed by atoms with van der Waals surface area (Å²) in [6.07, 6.45) is -3.80. The summed E-state index contributed by atoms with van der Waals surface area (Å²) in [5.41, 5.74) is 2.66. The fourth-order valence-electron chi connectivity index (χ4n) is 7.75. The van der Waals surface area contributed by atoms with Gasteiger partial charge in [-0.2, -0.15) is 17.9 Å². The molecule has 2 aliphatic rings. The van der Waals surface area contributed by atoms with Crippen LogP contribution >= 0.6 is 11.6 Å². The molecule has 0 aliphatic carbocycles. The average molecular weight is 913 g/mol. The number of hydrogen-bond acceptors (Lipinski definition) is 10. The molecule has 16 nitrogen and oxygen atoms in total. The Morgan fingerprint density at radius 3 is 2.46 bits per heavy atom. The lowest BCUT2D eigenvalue weighted by atomic mass is 10.0. The lowest BCUT2D eigenvalue weighted by molar-refractivity contribution is -0.138. The number of ether oxygens (including phenoxy) is 2. The van der Waals surface area contributed by atoms with Crippen LogP contribution in [-0.2, 0) is 38.1 Å². The number of imidazole rings is 1. The Hall–Kier alpha value is -7.25. The molecule has 4 aromatic carbocycles. The minimum absolute atomic E-state index is 0.0139. The Morgan fingerprint density at radius 2 is 1.72 bits per heavy atom. The number of fused-ring (bicyclic) bond motifs is 2. The number of imide groups is 2. The van der Waals surface area contributed by atoms with Crippen LogP contribution in [0.4, 0.5) is 18.9 Å². The summed E-state index contributed by atoms with van der Waals surface area (Å²) in [6.45, 7) is 0.488. The summed E-state index contributed by atoms with van der Waals surface area (Å²) < 4.78 is 52.5. The van der Waals surface area contributed by atoms with E-state index >= 15 is 0 Å². The predicted molar refractivity (Wildman–Crippen MR) is 231 cm³/mol. The number of benzene rings is 4. The number of anilines is 1. The van der Waals surface area contributed by atoms with E-state index in [1.807, 2.05) is 12.1 Å². The number of carbonyl (C=O) groups is 5. The fourth-order valence-corrected chi connectivity index (χ4v) is 7.92. The molecule has 336 valence electrons. The van der Waals surface area contributed by atoms with Crippen molar-refractivity contribution in [2.45, 2.75) is 37.9 Å². The van der Waals surface area contributed by atoms with Gasteiger partial charge in [0.2, 0.25) is 23.7 Å². The van der Waals surface area contributed by atoms with Gasteiger partial charge >= 0.3 is 6.18 Å². The van der Waals surface area contributed by atoms with Gasteiger partial charge in [-0.1, -0.05) is 41.9 Å². The number of hydrogen-bond donors (Lipinski definition) is 4. The van der Waals surface area contributed by atoms with E-state index in [4.69, 9.17) is 21.1 Å². The third-order valence-electron chi connectivity index (χ3n) is 11.1. The Morgan fingerprint density at radius 1 is 0.954 bits per heavy atom. The number of nitrogens with one attached hydrogen (secondary N) is 4. The maximum Gasteiger partial charge on any atom is 0.416 e. The van der Waals surface area contributed by atoms with Crippen molar-refractivity contribution in [1.82, 2.24) is 35.3 Å². The number of H-pyrrole nitrogens is 2. The van der Waals surface area contributed by atoms with Crippen LogP contribution in [0, 0.1) is 0 Å². The van der Waals surface area contributed by atoms with E-state index in [-0.39, 0.29) is 75.2 Å². The number of halogens is 4. The normalized spacial score (nSPS) is 15.1. The molecule has 2 aliphatic heterocycles. The maximum absolute atomic E-state index is 13.8. The number of carbonyl (C=O) groups excluding carboxylic acids is 5. The van der Waals surface area contributed by atoms with Crippen molar-refractivity contribution in [3.05, 3.63) is 128 Å². The zero-order chi connectivity index (χ0) is 46.0. The second-order valence-electron chi connectivity index (χ2n) is 15.4. The monoisotopic (exact) mass is 912 g/mol. The van der Waals surface area contributed by atoms with Gasteiger partial charge < -0.3 is 24.7 Å². The number of rotatable bonds is 16. The molecule has 1 saturated heterocycles. The standard InChI is InChI=1S/C45H40ClF3N8O8/c1-55(34-4-2-3-30-38(34)43(63)56(41(30)61)35-17-18-36(58)53-40(35)60)20-19-50-37(59)24-64-21-22-65-29-13-5-25(6-14-29)7-15-31-39(26-8-10-27(11-9-26)45(47,48)49)54-57(42(31)62)44-51-32-16-12-28(46)23-33(32)52-44/h2-6,8-14,16,23,35,54H,7,15,17-22,24H2,1H3,(H,50,59)(H,51,52)(H,53,58,60). The molecule has 2 aromatic heterocycles. The Kier molecular flexibility index (Phi) is 12.6. The highest BCUT2D eigenvalue weighted by Crippen LogP contribution is 2.34. The van der Waals surface area contributed by atoms with Gasteiger partial charge in [-0.15, -0.1) is 0 Å². The van der Waals surface area contributed by atoms with Crippen LogP contribution in [-0.4, -0.2) is 100 Å². The van der Waals surface area contributed by atoms with Gasteiger partial charge in [0, 0.05) is 37.1 Å². The molecule has 4 N–H and O–H groups in total. The number of aromatic amines is 2. The molecule has 0 spiro atoms. The molecule has 0 bridgehead atoms. The van der Waals surface area contributed by atoms with Gasteiger partial charge in [0.05, 0.1) is 45.7 Å². The van der Waals surface area contributed by atoms with Gasteiger partial charge in [-0.3, -0.25) is 44.1 Å². The van der Waals surface area contributed by atoms with Gasteiger partial charge in [0.15, 0.2) is 0 Å². The molecule has 8 rings (SSSR count). The fraction of sp³-hybridized carbons (Fsp3) is 0.267. The van der Waals surface area contributed by atoms with E-state index in [0.29, 0.717) is 50.7 Å². The number of amides is 5. The molecule has 65 heavy (non-hydrogen) atoms. The zero-order valence-corrected chi connectivity index (χ0v) is 35.3. The van der Waals surface area contributed by atoms with E-state index in [0.717, 1.165) is 22.6 Å². The Bertz CT molecular complexity index is 2880. The molecule has 6 aromatic rings. The van der Waals surface area contributed by atoms with E-state index in [2.05, 4.69) is 25.7 Å². The Balaban J connectivity index is 0.804. The van der Waals surface area contributed by atoms with Crippen molar-refractivity contribution >= 4 is 57.9 Å². The van der Waals surface area contributed by atoms with E-state index in [9.17, 15) is 41.9 Å². The van der Waals surface area contributed by atoms with Gasteiger partial charge in [0.1, 0.15) is 25.0 Å². The van der Waals surface area contributed by atoms with E-state index in [1.54, 1.807) is 54.4 Å². The lowest BCUT2D eigenvalue weighted by Crippen LogP contribution is -2.54. The summed E-state index contributed by atoms with van der Waals surface area (Å²) >= 11 is 6.13. The predicted octanol–water partition coefficient (Wildman–Crippen LogP) is 5.22. The Labute approximate surface area is 372 Å². The summed E-state index contributed by atoms with van der Waals surface area (Å²) in [5, 5.41) is 8.45. The molecule has 1 unspecified atom stereocenters. The third kappa shape index (κ3) is 9.51. The minimum Gasteiger partial charge on any atom is -0.491 e. The first-order valence-corrected chi connectivity index (χ1v) is 20.8. The van der Waals surface area contributed by atoms with Crippen LogP contribution in [0.2, 0.25) is 5.02 Å². The van der Waals surface area contributed by atoms with Crippen molar-refractivity contribution in [1.29, 1.82) is 0 Å². The first kappa shape index (κ1) is 44.4. The number of likely N-dealkylation sites (N-methyl/N-ethyl adjacent to an activating group) is 1. The summed E-state index contributed by atoms with van der Waals surface area (Å²) in [7, 11) is 1.71. The molecule has 1 atom stereocenters. The molecule has 5 amide bonds. The van der Waals surface area contributed by atoms with Crippen LogP contribution in [0.3, 0.4) is 0 Å². The minimum atomic E-state index is -4.52. The number of alkyl halides is 3. The lowest BCUT2D eigenvalue weighted by Gasteiger charge is -2.28. The second-order valence-corrected chi connectivity index (χ2v) is 15.8. The smallest absolute Gasteiger partial charge is 0.416 e. The largest absolute Gasteiger partial charge is 0.491 e. The van der Waals surface area contributed by atoms with Gasteiger partial charge in [-0.05, 0) is 85.0 Å². The van der Waals surface area contributed by atoms with E-state index < -0.39 is 47.0 Å². The first-order valence-electron chi connectivity index (χ1n) is 20.5. The number of piperidine rings is 1. The summed E-state index contributed by atoms with van der Waals surface area (Å²) in [5.74, 6) is -2.03. The number of aromatic nitrogens is 4. The maximum atomic E-state index is 13.8. The number of nitrogens with zero attached hydrogens (tertiary/aromatic N) is 4. The molecular formula is C45H40ClF3N8O8. The molecule has 0 saturated carbocycles.